The van der Waals surface area contributed by atoms with Gasteiger partial charge in [0.25, 0.3) is 0 Å². The third kappa shape index (κ3) is 2.60. The monoisotopic (exact) mass is 210 g/mol. The lowest BCUT2D eigenvalue weighted by Crippen LogP contribution is -2.39. The molecule has 2 saturated carbocycles. The molecular weight excluding hydrogens is 188 g/mol. The van der Waals surface area contributed by atoms with Crippen LogP contribution in [0.3, 0.4) is 0 Å². The van der Waals surface area contributed by atoms with E-state index in [9.17, 15) is 9.90 Å². The van der Waals surface area contributed by atoms with Crippen LogP contribution in [0.2, 0.25) is 0 Å². The Labute approximate surface area is 92.1 Å². The molecule has 0 unspecified atom stereocenters. The highest BCUT2D eigenvalue weighted by Crippen LogP contribution is 2.34. The highest BCUT2D eigenvalue weighted by molar-refractivity contribution is 5.87. The Kier molecular flexibility index (Phi) is 3.45. The topological polar surface area (TPSA) is 37.3 Å². The fourth-order valence-corrected chi connectivity index (χ4v) is 2.74. The molecule has 15 heavy (non-hydrogen) atoms. The van der Waals surface area contributed by atoms with Gasteiger partial charge >= 0.3 is 0 Å². The van der Waals surface area contributed by atoms with Gasteiger partial charge in [0.05, 0.1) is 0 Å². The van der Waals surface area contributed by atoms with Crippen molar-refractivity contribution in [3.05, 3.63) is 0 Å². The summed E-state index contributed by atoms with van der Waals surface area (Å²) in [5.74, 6) is 0.721. The number of rotatable bonds is 3. The molecule has 2 aliphatic carbocycles. The van der Waals surface area contributed by atoms with Crippen molar-refractivity contribution in [2.45, 2.75) is 69.8 Å². The summed E-state index contributed by atoms with van der Waals surface area (Å²) in [5, 5.41) is 10.3. The summed E-state index contributed by atoms with van der Waals surface area (Å²) in [7, 11) is 0. The number of Topliss-reactive ketones (excluding diaryl/α,β-unsaturated/α-hetero) is 1. The van der Waals surface area contributed by atoms with E-state index in [1.807, 2.05) is 0 Å². The predicted octanol–water partition coefficient (Wildman–Crippen LogP) is 2.83. The van der Waals surface area contributed by atoms with Crippen molar-refractivity contribution in [3.8, 4) is 0 Å². The Balaban J connectivity index is 1.89. The highest BCUT2D eigenvalue weighted by Gasteiger charge is 2.37. The Morgan fingerprint density at radius 1 is 1.07 bits per heavy atom. The normalized spacial score (nSPS) is 26.7. The number of aliphatic hydroxyl groups is 1. The van der Waals surface area contributed by atoms with Crippen LogP contribution in [0.4, 0.5) is 0 Å². The Morgan fingerprint density at radius 2 is 1.67 bits per heavy atom. The van der Waals surface area contributed by atoms with Crippen molar-refractivity contribution in [1.82, 2.24) is 0 Å². The molecule has 86 valence electrons. The summed E-state index contributed by atoms with van der Waals surface area (Å²) in [6.45, 7) is 0. The third-order valence-corrected chi connectivity index (χ3v) is 4.15. The van der Waals surface area contributed by atoms with E-state index in [1.165, 1.54) is 32.1 Å². The number of carbonyl (C=O) groups excluding carboxylic acids is 1. The smallest absolute Gasteiger partial charge is 0.164 e. The first-order valence-electron chi connectivity index (χ1n) is 6.46. The van der Waals surface area contributed by atoms with Crippen molar-refractivity contribution in [3.63, 3.8) is 0 Å². The maximum atomic E-state index is 12.0. The van der Waals surface area contributed by atoms with Crippen LogP contribution in [0.5, 0.6) is 0 Å². The Morgan fingerprint density at radius 3 is 2.13 bits per heavy atom. The number of ketones is 1. The van der Waals surface area contributed by atoms with E-state index in [1.54, 1.807) is 0 Å². The molecule has 2 aliphatic rings. The summed E-state index contributed by atoms with van der Waals surface area (Å²) in [6, 6.07) is 0. The highest BCUT2D eigenvalue weighted by atomic mass is 16.3. The van der Waals surface area contributed by atoms with Crippen molar-refractivity contribution >= 4 is 5.78 Å². The summed E-state index contributed by atoms with van der Waals surface area (Å²) in [5.41, 5.74) is -0.952. The zero-order valence-corrected chi connectivity index (χ0v) is 9.50. The van der Waals surface area contributed by atoms with Gasteiger partial charge in [-0.05, 0) is 18.8 Å². The van der Waals surface area contributed by atoms with Gasteiger partial charge in [-0.25, -0.2) is 0 Å². The lowest BCUT2D eigenvalue weighted by atomic mass is 9.77. The molecule has 2 rings (SSSR count). The van der Waals surface area contributed by atoms with Crippen LogP contribution in [-0.2, 0) is 4.79 Å². The minimum absolute atomic E-state index is 0.133. The first-order chi connectivity index (χ1) is 7.21. The van der Waals surface area contributed by atoms with Gasteiger partial charge in [0.15, 0.2) is 5.78 Å². The molecule has 0 aromatic rings. The molecule has 0 heterocycles. The molecule has 0 bridgehead atoms. The molecule has 0 atom stereocenters. The average molecular weight is 210 g/mol. The summed E-state index contributed by atoms with van der Waals surface area (Å²) >= 11 is 0. The zero-order chi connectivity index (χ0) is 10.7. The van der Waals surface area contributed by atoms with Gasteiger partial charge in [-0.3, -0.25) is 4.79 Å². The van der Waals surface area contributed by atoms with E-state index >= 15 is 0 Å². The van der Waals surface area contributed by atoms with Crippen molar-refractivity contribution in [2.24, 2.45) is 5.92 Å². The van der Waals surface area contributed by atoms with E-state index in [4.69, 9.17) is 0 Å². The lowest BCUT2D eigenvalue weighted by Gasteiger charge is -2.30. The van der Waals surface area contributed by atoms with Crippen LogP contribution in [0.25, 0.3) is 0 Å². The van der Waals surface area contributed by atoms with Gasteiger partial charge in [-0.1, -0.05) is 44.9 Å². The predicted molar refractivity (Wildman–Crippen MR) is 59.6 cm³/mol. The second-order valence-electron chi connectivity index (χ2n) is 5.37. The maximum Gasteiger partial charge on any atom is 0.164 e. The molecule has 0 aromatic carbocycles. The minimum Gasteiger partial charge on any atom is -0.382 e. The fourth-order valence-electron chi connectivity index (χ4n) is 2.74. The van der Waals surface area contributed by atoms with Crippen LogP contribution < -0.4 is 0 Å². The van der Waals surface area contributed by atoms with E-state index < -0.39 is 5.60 Å². The number of carbonyl (C=O) groups is 1. The van der Waals surface area contributed by atoms with Gasteiger partial charge in [-0.15, -0.1) is 0 Å². The molecule has 0 aromatic heterocycles. The molecule has 0 radical (unpaired) electrons. The largest absolute Gasteiger partial charge is 0.382 e. The fraction of sp³-hybridized carbons (Fsp3) is 0.923. The van der Waals surface area contributed by atoms with Crippen molar-refractivity contribution in [2.75, 3.05) is 0 Å². The van der Waals surface area contributed by atoms with E-state index in [-0.39, 0.29) is 5.78 Å². The SMILES string of the molecule is O=C(CC1CCC1)C1(O)CCCCCC1. The second kappa shape index (κ2) is 4.65. The molecule has 0 spiro atoms. The zero-order valence-electron chi connectivity index (χ0n) is 9.50. The van der Waals surface area contributed by atoms with Gasteiger partial charge in [0, 0.05) is 6.42 Å². The maximum absolute atomic E-state index is 12.0. The number of hydrogen-bond acceptors (Lipinski definition) is 2. The molecule has 0 saturated heterocycles. The van der Waals surface area contributed by atoms with E-state index in [0.29, 0.717) is 25.2 Å². The molecule has 2 heteroatoms. The van der Waals surface area contributed by atoms with Gasteiger partial charge in [0.2, 0.25) is 0 Å². The van der Waals surface area contributed by atoms with Crippen LogP contribution >= 0.6 is 0 Å². The standard InChI is InChI=1S/C13H22O2/c14-12(10-11-6-5-7-11)13(15)8-3-1-2-4-9-13/h11,15H,1-10H2. The lowest BCUT2D eigenvalue weighted by molar-refractivity contribution is -0.140. The first-order valence-corrected chi connectivity index (χ1v) is 6.46. The van der Waals surface area contributed by atoms with Gasteiger partial charge in [-0.2, -0.15) is 0 Å². The van der Waals surface area contributed by atoms with Crippen LogP contribution in [0, 0.1) is 5.92 Å². The van der Waals surface area contributed by atoms with Gasteiger partial charge < -0.3 is 5.11 Å². The quantitative estimate of drug-likeness (QED) is 0.727. The van der Waals surface area contributed by atoms with E-state index in [2.05, 4.69) is 0 Å². The summed E-state index contributed by atoms with van der Waals surface area (Å²) in [6.07, 6.45) is 10.1. The van der Waals surface area contributed by atoms with Crippen LogP contribution in [-0.4, -0.2) is 16.5 Å². The molecule has 0 aliphatic heterocycles. The van der Waals surface area contributed by atoms with Gasteiger partial charge in [0.1, 0.15) is 5.60 Å². The van der Waals surface area contributed by atoms with Crippen molar-refractivity contribution < 1.29 is 9.90 Å². The Hall–Kier alpha value is -0.370. The van der Waals surface area contributed by atoms with E-state index in [0.717, 1.165) is 12.8 Å². The first kappa shape index (κ1) is 11.1. The molecule has 1 N–H and O–H groups in total. The van der Waals surface area contributed by atoms with Crippen LogP contribution in [0.1, 0.15) is 64.2 Å². The van der Waals surface area contributed by atoms with Crippen LogP contribution in [0.15, 0.2) is 0 Å². The Bertz CT molecular complexity index is 223. The molecule has 0 amide bonds. The van der Waals surface area contributed by atoms with Crippen molar-refractivity contribution in [1.29, 1.82) is 0 Å². The molecule has 2 fully saturated rings. The number of hydrogen-bond donors (Lipinski definition) is 1. The summed E-state index contributed by atoms with van der Waals surface area (Å²) < 4.78 is 0. The third-order valence-electron chi connectivity index (χ3n) is 4.15. The second-order valence-corrected chi connectivity index (χ2v) is 5.37. The molecule has 2 nitrogen and oxygen atoms in total. The minimum atomic E-state index is -0.952. The average Bonchev–Trinajstić information content (AvgIpc) is 2.37. The molecular formula is C13H22O2. The summed E-state index contributed by atoms with van der Waals surface area (Å²) in [4.78, 5) is 12.0.